The van der Waals surface area contributed by atoms with E-state index in [1.165, 1.54) is 0 Å². The van der Waals surface area contributed by atoms with E-state index in [0.29, 0.717) is 18.6 Å². The summed E-state index contributed by atoms with van der Waals surface area (Å²) in [7, 11) is 0. The second-order valence-electron chi connectivity index (χ2n) is 6.06. The Morgan fingerprint density at radius 3 is 2.29 bits per heavy atom. The summed E-state index contributed by atoms with van der Waals surface area (Å²) in [5.74, 6) is -0.151. The minimum absolute atomic E-state index is 0.151. The third-order valence-electron chi connectivity index (χ3n) is 2.94. The van der Waals surface area contributed by atoms with Crippen LogP contribution in [0.1, 0.15) is 58.4 Å². The predicted octanol–water partition coefficient (Wildman–Crippen LogP) is 4.16. The Hall–Kier alpha value is -1.84. The molecule has 1 aromatic rings. The summed E-state index contributed by atoms with van der Waals surface area (Å²) in [6.45, 7) is 5.61. The van der Waals surface area contributed by atoms with Gasteiger partial charge in [-0.05, 0) is 45.6 Å². The molecule has 21 heavy (non-hydrogen) atoms. The van der Waals surface area contributed by atoms with E-state index < -0.39 is 5.60 Å². The highest BCUT2D eigenvalue weighted by Gasteiger charge is 2.15. The largest absolute Gasteiger partial charge is 0.460 e. The van der Waals surface area contributed by atoms with Crippen molar-refractivity contribution in [3.63, 3.8) is 0 Å². The van der Waals surface area contributed by atoms with Gasteiger partial charge < -0.3 is 9.94 Å². The van der Waals surface area contributed by atoms with Crippen molar-refractivity contribution in [3.8, 4) is 0 Å². The van der Waals surface area contributed by atoms with Crippen molar-refractivity contribution in [1.82, 2.24) is 0 Å². The minimum Gasteiger partial charge on any atom is -0.460 e. The van der Waals surface area contributed by atoms with Gasteiger partial charge in [0, 0.05) is 6.42 Å². The first-order valence-corrected chi connectivity index (χ1v) is 7.40. The van der Waals surface area contributed by atoms with Crippen molar-refractivity contribution in [3.05, 3.63) is 35.9 Å². The fraction of sp³-hybridized carbons (Fsp3) is 0.529. The average molecular weight is 291 g/mol. The molecule has 0 amide bonds. The highest BCUT2D eigenvalue weighted by Crippen LogP contribution is 2.13. The molecule has 0 aromatic heterocycles. The number of rotatable bonds is 7. The normalized spacial score (nSPS) is 12.2. The number of nitrogens with zero attached hydrogens (tertiary/aromatic N) is 1. The lowest BCUT2D eigenvalue weighted by atomic mass is 10.0. The van der Waals surface area contributed by atoms with E-state index in [1.807, 2.05) is 51.1 Å². The Kier molecular flexibility index (Phi) is 6.92. The van der Waals surface area contributed by atoms with Crippen molar-refractivity contribution < 1.29 is 14.7 Å². The average Bonchev–Trinajstić information content (AvgIpc) is 2.42. The van der Waals surface area contributed by atoms with E-state index >= 15 is 0 Å². The Balaban J connectivity index is 2.24. The molecule has 1 aromatic carbocycles. The smallest absolute Gasteiger partial charge is 0.306 e. The number of unbranched alkanes of at least 4 members (excludes halogenated alkanes) is 2. The van der Waals surface area contributed by atoms with Crippen LogP contribution in [0.5, 0.6) is 0 Å². The summed E-state index contributed by atoms with van der Waals surface area (Å²) in [5.41, 5.74) is 1.21. The zero-order valence-corrected chi connectivity index (χ0v) is 13.1. The van der Waals surface area contributed by atoms with Crippen molar-refractivity contribution in [1.29, 1.82) is 0 Å². The summed E-state index contributed by atoms with van der Waals surface area (Å²) in [6, 6.07) is 9.62. The Morgan fingerprint density at radius 1 is 1.10 bits per heavy atom. The van der Waals surface area contributed by atoms with Gasteiger partial charge in [-0.2, -0.15) is 0 Å². The fourth-order valence-electron chi connectivity index (χ4n) is 2.01. The van der Waals surface area contributed by atoms with Crippen molar-refractivity contribution >= 4 is 11.7 Å². The van der Waals surface area contributed by atoms with Gasteiger partial charge >= 0.3 is 5.97 Å². The Bertz CT molecular complexity index is 461. The summed E-state index contributed by atoms with van der Waals surface area (Å²) < 4.78 is 5.25. The number of benzene rings is 1. The van der Waals surface area contributed by atoms with Crippen LogP contribution in [0.3, 0.4) is 0 Å². The Morgan fingerprint density at radius 2 is 1.71 bits per heavy atom. The van der Waals surface area contributed by atoms with Gasteiger partial charge in [-0.3, -0.25) is 4.79 Å². The first-order valence-electron chi connectivity index (χ1n) is 7.40. The van der Waals surface area contributed by atoms with Crippen LogP contribution in [-0.4, -0.2) is 22.5 Å². The molecule has 0 atom stereocenters. The van der Waals surface area contributed by atoms with Crippen LogP contribution < -0.4 is 0 Å². The van der Waals surface area contributed by atoms with Crippen LogP contribution in [0, 0.1) is 0 Å². The molecule has 116 valence electrons. The van der Waals surface area contributed by atoms with Crippen molar-refractivity contribution in [2.75, 3.05) is 0 Å². The third kappa shape index (κ3) is 7.49. The van der Waals surface area contributed by atoms with Crippen LogP contribution in [0.25, 0.3) is 0 Å². The van der Waals surface area contributed by atoms with Crippen molar-refractivity contribution in [2.24, 2.45) is 5.16 Å². The maximum Gasteiger partial charge on any atom is 0.306 e. The van der Waals surface area contributed by atoms with Crippen LogP contribution in [0.15, 0.2) is 35.5 Å². The van der Waals surface area contributed by atoms with Gasteiger partial charge in [0.1, 0.15) is 5.60 Å². The molecule has 0 bridgehead atoms. The summed E-state index contributed by atoms with van der Waals surface area (Å²) in [5, 5.41) is 12.4. The van der Waals surface area contributed by atoms with E-state index in [2.05, 4.69) is 5.16 Å². The maximum atomic E-state index is 11.5. The van der Waals surface area contributed by atoms with Gasteiger partial charge in [0.25, 0.3) is 0 Å². The molecular formula is C17H25NO3. The molecule has 4 nitrogen and oxygen atoms in total. The number of hydrogen-bond donors (Lipinski definition) is 1. The fourth-order valence-corrected chi connectivity index (χ4v) is 2.01. The lowest BCUT2D eigenvalue weighted by molar-refractivity contribution is -0.154. The molecule has 1 N–H and O–H groups in total. The summed E-state index contributed by atoms with van der Waals surface area (Å²) in [6.07, 6.45) is 3.73. The second-order valence-corrected chi connectivity index (χ2v) is 6.06. The molecule has 0 aliphatic carbocycles. The molecule has 0 saturated carbocycles. The zero-order valence-electron chi connectivity index (χ0n) is 13.1. The minimum atomic E-state index is -0.416. The van der Waals surface area contributed by atoms with Gasteiger partial charge in [0.05, 0.1) is 5.71 Å². The molecule has 0 aliphatic rings. The van der Waals surface area contributed by atoms with Gasteiger partial charge in [-0.25, -0.2) is 0 Å². The van der Waals surface area contributed by atoms with E-state index in [4.69, 9.17) is 9.94 Å². The van der Waals surface area contributed by atoms with E-state index in [9.17, 15) is 4.79 Å². The topological polar surface area (TPSA) is 58.9 Å². The molecule has 0 heterocycles. The van der Waals surface area contributed by atoms with E-state index in [0.717, 1.165) is 24.8 Å². The summed E-state index contributed by atoms with van der Waals surface area (Å²) >= 11 is 0. The number of oxime groups is 1. The zero-order chi connectivity index (χ0) is 15.7. The first kappa shape index (κ1) is 17.2. The van der Waals surface area contributed by atoms with Gasteiger partial charge in [-0.1, -0.05) is 41.9 Å². The quantitative estimate of drug-likeness (QED) is 0.270. The molecular weight excluding hydrogens is 266 g/mol. The predicted molar refractivity (Wildman–Crippen MR) is 83.7 cm³/mol. The molecule has 0 fully saturated rings. The van der Waals surface area contributed by atoms with Gasteiger partial charge in [0.15, 0.2) is 0 Å². The lowest BCUT2D eigenvalue weighted by Gasteiger charge is -2.19. The number of carbonyl (C=O) groups excluding carboxylic acids is 1. The molecule has 0 spiro atoms. The maximum absolute atomic E-state index is 11.5. The lowest BCUT2D eigenvalue weighted by Crippen LogP contribution is -2.23. The molecule has 1 rings (SSSR count). The molecule has 0 unspecified atom stereocenters. The number of carbonyl (C=O) groups is 1. The van der Waals surface area contributed by atoms with Crippen LogP contribution in [0.4, 0.5) is 0 Å². The molecule has 0 saturated heterocycles. The van der Waals surface area contributed by atoms with Crippen LogP contribution in [-0.2, 0) is 9.53 Å². The number of hydrogen-bond acceptors (Lipinski definition) is 4. The highest BCUT2D eigenvalue weighted by atomic mass is 16.6. The first-order chi connectivity index (χ1) is 9.92. The van der Waals surface area contributed by atoms with E-state index in [-0.39, 0.29) is 5.97 Å². The number of ether oxygens (including phenoxy) is 1. The summed E-state index contributed by atoms with van der Waals surface area (Å²) in [4.78, 5) is 11.5. The van der Waals surface area contributed by atoms with Crippen molar-refractivity contribution in [2.45, 2.75) is 58.5 Å². The molecule has 0 aliphatic heterocycles. The molecule has 4 heteroatoms. The number of esters is 1. The Labute approximate surface area is 126 Å². The van der Waals surface area contributed by atoms with E-state index in [1.54, 1.807) is 0 Å². The van der Waals surface area contributed by atoms with Gasteiger partial charge in [0.2, 0.25) is 0 Å². The van der Waals surface area contributed by atoms with Crippen LogP contribution in [0.2, 0.25) is 0 Å². The third-order valence-corrected chi connectivity index (χ3v) is 2.94. The standard InChI is InChI=1S/C17H25NO3/c1-17(2,3)21-16(19)13-9-5-8-12-15(18-20)14-10-6-4-7-11-14/h4,6-7,10-11,20H,5,8-9,12-13H2,1-3H3/b18-15+. The van der Waals surface area contributed by atoms with Crippen LogP contribution >= 0.6 is 0 Å². The SMILES string of the molecule is CC(C)(C)OC(=O)CCCCC/C(=N\O)c1ccccc1. The molecule has 0 radical (unpaired) electrons. The monoisotopic (exact) mass is 291 g/mol. The second kappa shape index (κ2) is 8.45. The highest BCUT2D eigenvalue weighted by molar-refractivity contribution is 6.00. The van der Waals surface area contributed by atoms with Gasteiger partial charge in [-0.15, -0.1) is 0 Å².